The molecule has 1 aromatic carbocycles. The molecule has 1 heterocycles. The van der Waals surface area contributed by atoms with Gasteiger partial charge < -0.3 is 5.32 Å². The van der Waals surface area contributed by atoms with Gasteiger partial charge in [-0.05, 0) is 52.9 Å². The molecule has 0 amide bonds. The van der Waals surface area contributed by atoms with Gasteiger partial charge in [-0.15, -0.1) is 0 Å². The van der Waals surface area contributed by atoms with Gasteiger partial charge >= 0.3 is 0 Å². The van der Waals surface area contributed by atoms with E-state index in [1.54, 1.807) is 23.5 Å². The van der Waals surface area contributed by atoms with Crippen LogP contribution in [0.1, 0.15) is 48.9 Å². The third kappa shape index (κ3) is 4.15. The third-order valence-electron chi connectivity index (χ3n) is 3.62. The van der Waals surface area contributed by atoms with Crippen LogP contribution in [-0.4, -0.2) is 0 Å². The molecule has 0 spiro atoms. The monoisotopic (exact) mass is 291 g/mol. The van der Waals surface area contributed by atoms with Gasteiger partial charge in [0.25, 0.3) is 0 Å². The fourth-order valence-electron chi connectivity index (χ4n) is 2.29. The predicted octanol–water partition coefficient (Wildman–Crippen LogP) is 5.22. The van der Waals surface area contributed by atoms with E-state index in [-0.39, 0.29) is 5.82 Å². The van der Waals surface area contributed by atoms with Gasteiger partial charge in [0.1, 0.15) is 5.82 Å². The first-order chi connectivity index (χ1) is 9.70. The van der Waals surface area contributed by atoms with Gasteiger partial charge in [-0.25, -0.2) is 4.39 Å². The lowest BCUT2D eigenvalue weighted by atomic mass is 10.0. The Kier molecular flexibility index (Phi) is 5.74. The van der Waals surface area contributed by atoms with Crippen molar-refractivity contribution in [3.05, 3.63) is 57.5 Å². The normalized spacial score (nSPS) is 12.6. The van der Waals surface area contributed by atoms with E-state index in [1.165, 1.54) is 29.5 Å². The summed E-state index contributed by atoms with van der Waals surface area (Å²) in [5.74, 6) is -0.170. The average molecular weight is 291 g/mol. The topological polar surface area (TPSA) is 12.0 Å². The number of unbranched alkanes of at least 4 members (excludes halogenated alkanes) is 1. The second-order valence-corrected chi connectivity index (χ2v) is 5.95. The van der Waals surface area contributed by atoms with Crippen molar-refractivity contribution in [2.45, 2.75) is 45.7 Å². The van der Waals surface area contributed by atoms with Gasteiger partial charge in [-0.2, -0.15) is 11.3 Å². The van der Waals surface area contributed by atoms with Crippen LogP contribution >= 0.6 is 11.3 Å². The second kappa shape index (κ2) is 7.55. The van der Waals surface area contributed by atoms with E-state index in [2.05, 4.69) is 29.9 Å². The summed E-state index contributed by atoms with van der Waals surface area (Å²) in [6.07, 6.45) is 3.44. The van der Waals surface area contributed by atoms with Crippen LogP contribution in [0.4, 0.5) is 4.39 Å². The summed E-state index contributed by atoms with van der Waals surface area (Å²) in [5.41, 5.74) is 3.88. The summed E-state index contributed by atoms with van der Waals surface area (Å²) in [4.78, 5) is 0. The molecule has 0 saturated carbocycles. The Bertz CT molecular complexity index is 518. The smallest absolute Gasteiger partial charge is 0.123 e. The van der Waals surface area contributed by atoms with E-state index in [4.69, 9.17) is 0 Å². The SMILES string of the molecule is CCCCC(NCc1cscc1C)c1ccc(F)cc1. The highest BCUT2D eigenvalue weighted by molar-refractivity contribution is 7.08. The van der Waals surface area contributed by atoms with Crippen LogP contribution in [0.5, 0.6) is 0 Å². The maximum Gasteiger partial charge on any atom is 0.123 e. The molecule has 1 atom stereocenters. The van der Waals surface area contributed by atoms with Gasteiger partial charge in [0.05, 0.1) is 0 Å². The van der Waals surface area contributed by atoms with Crippen LogP contribution in [0, 0.1) is 12.7 Å². The lowest BCUT2D eigenvalue weighted by molar-refractivity contribution is 0.479. The molecule has 0 bridgehead atoms. The molecular weight excluding hydrogens is 269 g/mol. The summed E-state index contributed by atoms with van der Waals surface area (Å²) in [7, 11) is 0. The maximum atomic E-state index is 13.0. The summed E-state index contributed by atoms with van der Waals surface area (Å²) in [6.45, 7) is 5.22. The molecule has 0 aliphatic rings. The van der Waals surface area contributed by atoms with Gasteiger partial charge in [-0.3, -0.25) is 0 Å². The average Bonchev–Trinajstić information content (AvgIpc) is 2.86. The zero-order chi connectivity index (χ0) is 14.4. The second-order valence-electron chi connectivity index (χ2n) is 5.21. The molecule has 3 heteroatoms. The zero-order valence-corrected chi connectivity index (χ0v) is 13.0. The van der Waals surface area contributed by atoms with Crippen molar-refractivity contribution in [3.63, 3.8) is 0 Å². The number of aryl methyl sites for hydroxylation is 1. The molecule has 0 saturated heterocycles. The first kappa shape index (κ1) is 15.2. The summed E-state index contributed by atoms with van der Waals surface area (Å²) < 4.78 is 13.0. The number of hydrogen-bond donors (Lipinski definition) is 1. The molecule has 20 heavy (non-hydrogen) atoms. The van der Waals surface area contributed by atoms with E-state index < -0.39 is 0 Å². The largest absolute Gasteiger partial charge is 0.306 e. The molecule has 1 N–H and O–H groups in total. The molecule has 2 aromatic rings. The number of nitrogens with one attached hydrogen (secondary N) is 1. The molecule has 1 aromatic heterocycles. The van der Waals surface area contributed by atoms with Crippen LogP contribution in [0.25, 0.3) is 0 Å². The quantitative estimate of drug-likeness (QED) is 0.737. The van der Waals surface area contributed by atoms with Gasteiger partial charge in [0, 0.05) is 12.6 Å². The molecular formula is C17H22FNS. The molecule has 108 valence electrons. The lowest BCUT2D eigenvalue weighted by Crippen LogP contribution is -2.21. The minimum absolute atomic E-state index is 0.170. The Morgan fingerprint density at radius 1 is 1.20 bits per heavy atom. The molecule has 1 nitrogen and oxygen atoms in total. The van der Waals surface area contributed by atoms with Gasteiger partial charge in [0.2, 0.25) is 0 Å². The van der Waals surface area contributed by atoms with Crippen molar-refractivity contribution >= 4 is 11.3 Å². The maximum absolute atomic E-state index is 13.0. The standard InChI is InChI=1S/C17H22FNS/c1-3-4-5-17(14-6-8-16(18)9-7-14)19-10-15-12-20-11-13(15)2/h6-9,11-12,17,19H,3-5,10H2,1-2H3. The van der Waals surface area contributed by atoms with Crippen LogP contribution < -0.4 is 5.32 Å². The van der Waals surface area contributed by atoms with Gasteiger partial charge in [0.15, 0.2) is 0 Å². The predicted molar refractivity (Wildman–Crippen MR) is 84.6 cm³/mol. The van der Waals surface area contributed by atoms with Crippen molar-refractivity contribution in [3.8, 4) is 0 Å². The number of rotatable bonds is 7. The number of thiophene rings is 1. The van der Waals surface area contributed by atoms with Gasteiger partial charge in [-0.1, -0.05) is 31.9 Å². The van der Waals surface area contributed by atoms with Crippen molar-refractivity contribution in [1.82, 2.24) is 5.32 Å². The molecule has 0 radical (unpaired) electrons. The van der Waals surface area contributed by atoms with Crippen molar-refractivity contribution in [2.75, 3.05) is 0 Å². The van der Waals surface area contributed by atoms with E-state index in [9.17, 15) is 4.39 Å². The Labute approximate surface area is 124 Å². The fraction of sp³-hybridized carbons (Fsp3) is 0.412. The molecule has 0 aliphatic heterocycles. The zero-order valence-electron chi connectivity index (χ0n) is 12.2. The lowest BCUT2D eigenvalue weighted by Gasteiger charge is -2.19. The highest BCUT2D eigenvalue weighted by atomic mass is 32.1. The highest BCUT2D eigenvalue weighted by Crippen LogP contribution is 2.22. The van der Waals surface area contributed by atoms with E-state index in [1.807, 2.05) is 12.1 Å². The van der Waals surface area contributed by atoms with Crippen molar-refractivity contribution in [1.29, 1.82) is 0 Å². The Morgan fingerprint density at radius 2 is 1.95 bits per heavy atom. The first-order valence-electron chi connectivity index (χ1n) is 7.21. The highest BCUT2D eigenvalue weighted by Gasteiger charge is 2.11. The summed E-state index contributed by atoms with van der Waals surface area (Å²) >= 11 is 1.74. The van der Waals surface area contributed by atoms with Crippen LogP contribution in [0.15, 0.2) is 35.0 Å². The number of hydrogen-bond acceptors (Lipinski definition) is 2. The number of benzene rings is 1. The van der Waals surface area contributed by atoms with E-state index in [0.29, 0.717) is 6.04 Å². The van der Waals surface area contributed by atoms with Crippen molar-refractivity contribution in [2.24, 2.45) is 0 Å². The van der Waals surface area contributed by atoms with Crippen molar-refractivity contribution < 1.29 is 4.39 Å². The van der Waals surface area contributed by atoms with Crippen LogP contribution in [0.3, 0.4) is 0 Å². The fourth-order valence-corrected chi connectivity index (χ4v) is 3.15. The molecule has 2 rings (SSSR count). The van der Waals surface area contributed by atoms with E-state index >= 15 is 0 Å². The molecule has 0 aliphatic carbocycles. The number of halogens is 1. The van der Waals surface area contributed by atoms with Crippen LogP contribution in [-0.2, 0) is 6.54 Å². The minimum Gasteiger partial charge on any atom is -0.306 e. The first-order valence-corrected chi connectivity index (χ1v) is 8.15. The molecule has 1 unspecified atom stereocenters. The summed E-state index contributed by atoms with van der Waals surface area (Å²) in [5, 5.41) is 7.99. The Balaban J connectivity index is 2.03. The Hall–Kier alpha value is -1.19. The summed E-state index contributed by atoms with van der Waals surface area (Å²) in [6, 6.07) is 7.18. The van der Waals surface area contributed by atoms with Crippen LogP contribution in [0.2, 0.25) is 0 Å². The van der Waals surface area contributed by atoms with E-state index in [0.717, 1.165) is 13.0 Å². The minimum atomic E-state index is -0.170. The third-order valence-corrected chi connectivity index (χ3v) is 4.53. The molecule has 0 fully saturated rings. The Morgan fingerprint density at radius 3 is 2.55 bits per heavy atom.